The molecule has 3 aromatic rings. The van der Waals surface area contributed by atoms with E-state index in [2.05, 4.69) is 16.4 Å². The molecule has 1 aliphatic heterocycles. The van der Waals surface area contributed by atoms with E-state index < -0.39 is 17.7 Å². The molecule has 0 unspecified atom stereocenters. The van der Waals surface area contributed by atoms with Gasteiger partial charge in [-0.2, -0.15) is 5.26 Å². The Kier molecular flexibility index (Phi) is 3.90. The standard InChI is InChI=1S/C21H19N3O3/c1-21(2)19(25)18(14-9-12(10-22)7-8-17(14)27-21)24-20(26)15-11-23-16-6-4-3-5-13(15)16/h3-9,11,18-19,23,25H,1-2H3,(H,24,26)/t18-,19+/m0/s1. The number of aromatic amines is 1. The van der Waals surface area contributed by atoms with E-state index in [9.17, 15) is 15.2 Å². The van der Waals surface area contributed by atoms with Crippen LogP contribution in [0.2, 0.25) is 0 Å². The molecular weight excluding hydrogens is 342 g/mol. The Labute approximate surface area is 156 Å². The maximum Gasteiger partial charge on any atom is 0.254 e. The molecule has 0 bridgehead atoms. The first-order chi connectivity index (χ1) is 12.9. The molecule has 27 heavy (non-hydrogen) atoms. The van der Waals surface area contributed by atoms with Crippen molar-refractivity contribution < 1.29 is 14.6 Å². The fraction of sp³-hybridized carbons (Fsp3) is 0.238. The maximum atomic E-state index is 13.0. The Bertz CT molecular complexity index is 1080. The van der Waals surface area contributed by atoms with E-state index >= 15 is 0 Å². The molecule has 0 spiro atoms. The van der Waals surface area contributed by atoms with Gasteiger partial charge in [-0.05, 0) is 38.1 Å². The number of aromatic nitrogens is 1. The lowest BCUT2D eigenvalue weighted by molar-refractivity contribution is -0.0627. The lowest BCUT2D eigenvalue weighted by atomic mass is 9.85. The van der Waals surface area contributed by atoms with Crippen molar-refractivity contribution in [3.8, 4) is 11.8 Å². The average molecular weight is 361 g/mol. The van der Waals surface area contributed by atoms with Gasteiger partial charge in [0.05, 0.1) is 23.2 Å². The number of hydrogen-bond donors (Lipinski definition) is 3. The number of amides is 1. The van der Waals surface area contributed by atoms with Crippen molar-refractivity contribution in [2.24, 2.45) is 0 Å². The number of fused-ring (bicyclic) bond motifs is 2. The minimum Gasteiger partial charge on any atom is -0.485 e. The largest absolute Gasteiger partial charge is 0.485 e. The third kappa shape index (κ3) is 2.82. The summed E-state index contributed by atoms with van der Waals surface area (Å²) in [6.07, 6.45) is 0.678. The van der Waals surface area contributed by atoms with Crippen LogP contribution in [0, 0.1) is 11.3 Å². The first kappa shape index (κ1) is 17.1. The van der Waals surface area contributed by atoms with Crippen molar-refractivity contribution in [2.45, 2.75) is 31.6 Å². The number of rotatable bonds is 2. The normalized spacial score (nSPS) is 20.4. The van der Waals surface area contributed by atoms with Crippen LogP contribution in [0.4, 0.5) is 0 Å². The highest BCUT2D eigenvalue weighted by molar-refractivity contribution is 6.06. The summed E-state index contributed by atoms with van der Waals surface area (Å²) in [5, 5.41) is 23.8. The van der Waals surface area contributed by atoms with E-state index in [1.165, 1.54) is 0 Å². The van der Waals surface area contributed by atoms with Crippen LogP contribution in [0.3, 0.4) is 0 Å². The summed E-state index contributed by atoms with van der Waals surface area (Å²) >= 11 is 0. The van der Waals surface area contributed by atoms with E-state index in [1.807, 2.05) is 24.3 Å². The first-order valence-electron chi connectivity index (χ1n) is 8.69. The topological polar surface area (TPSA) is 98.1 Å². The average Bonchev–Trinajstić information content (AvgIpc) is 3.09. The van der Waals surface area contributed by atoms with Crippen molar-refractivity contribution in [1.29, 1.82) is 5.26 Å². The quantitative estimate of drug-likeness (QED) is 0.653. The second-order valence-corrected chi connectivity index (χ2v) is 7.21. The van der Waals surface area contributed by atoms with Crippen molar-refractivity contribution >= 4 is 16.8 Å². The molecule has 2 atom stereocenters. The zero-order chi connectivity index (χ0) is 19.2. The van der Waals surface area contributed by atoms with Gasteiger partial charge in [0, 0.05) is 22.7 Å². The third-order valence-corrected chi connectivity index (χ3v) is 5.00. The molecule has 136 valence electrons. The molecule has 1 aromatic heterocycles. The summed E-state index contributed by atoms with van der Waals surface area (Å²) < 4.78 is 5.89. The van der Waals surface area contributed by atoms with Crippen molar-refractivity contribution in [2.75, 3.05) is 0 Å². The SMILES string of the molecule is CC1(C)Oc2ccc(C#N)cc2[C@H](NC(=O)c2c[nH]c3ccccc23)[C@H]1O. The van der Waals surface area contributed by atoms with Gasteiger partial charge >= 0.3 is 0 Å². The van der Waals surface area contributed by atoms with Crippen LogP contribution in [0.15, 0.2) is 48.7 Å². The number of hydrogen-bond acceptors (Lipinski definition) is 4. The molecule has 0 saturated carbocycles. The smallest absolute Gasteiger partial charge is 0.254 e. The summed E-state index contributed by atoms with van der Waals surface area (Å²) in [7, 11) is 0. The lowest BCUT2D eigenvalue weighted by Gasteiger charge is -2.42. The van der Waals surface area contributed by atoms with Gasteiger partial charge < -0.3 is 20.1 Å². The van der Waals surface area contributed by atoms with E-state index in [0.29, 0.717) is 22.4 Å². The van der Waals surface area contributed by atoms with Gasteiger partial charge in [-0.15, -0.1) is 0 Å². The summed E-state index contributed by atoms with van der Waals surface area (Å²) in [5.74, 6) is 0.246. The number of benzene rings is 2. The van der Waals surface area contributed by atoms with Gasteiger partial charge in [-0.3, -0.25) is 4.79 Å². The minimum atomic E-state index is -0.979. The van der Waals surface area contributed by atoms with Crippen LogP contribution in [-0.2, 0) is 0 Å². The van der Waals surface area contributed by atoms with Crippen LogP contribution >= 0.6 is 0 Å². The third-order valence-electron chi connectivity index (χ3n) is 5.00. The zero-order valence-electron chi connectivity index (χ0n) is 15.0. The molecule has 3 N–H and O–H groups in total. The molecule has 0 aliphatic carbocycles. The van der Waals surface area contributed by atoms with E-state index in [4.69, 9.17) is 4.74 Å². The molecule has 0 radical (unpaired) electrons. The number of carbonyl (C=O) groups excluding carboxylic acids is 1. The van der Waals surface area contributed by atoms with Gasteiger partial charge in [-0.25, -0.2) is 0 Å². The first-order valence-corrected chi connectivity index (χ1v) is 8.69. The predicted octanol–water partition coefficient (Wildman–Crippen LogP) is 3.04. The number of para-hydroxylation sites is 1. The molecule has 2 aromatic carbocycles. The number of nitrogens with one attached hydrogen (secondary N) is 2. The highest BCUT2D eigenvalue weighted by atomic mass is 16.5. The summed E-state index contributed by atoms with van der Waals surface area (Å²) in [4.78, 5) is 16.0. The Hall–Kier alpha value is -3.30. The number of carbonyl (C=O) groups is 1. The molecular formula is C21H19N3O3. The van der Waals surface area contributed by atoms with Gasteiger partial charge in [0.1, 0.15) is 17.5 Å². The molecule has 2 heterocycles. The van der Waals surface area contributed by atoms with Gasteiger partial charge in [0.2, 0.25) is 0 Å². The Morgan fingerprint density at radius 1 is 1.30 bits per heavy atom. The van der Waals surface area contributed by atoms with Crippen LogP contribution in [-0.4, -0.2) is 27.7 Å². The van der Waals surface area contributed by atoms with Gasteiger partial charge in [0.15, 0.2) is 0 Å². The molecule has 0 saturated heterocycles. The summed E-state index contributed by atoms with van der Waals surface area (Å²) in [6.45, 7) is 3.54. The number of nitrogens with zero attached hydrogens (tertiary/aromatic N) is 1. The molecule has 1 amide bonds. The summed E-state index contributed by atoms with van der Waals surface area (Å²) in [5.41, 5.74) is 1.51. The fourth-order valence-electron chi connectivity index (χ4n) is 3.50. The van der Waals surface area contributed by atoms with E-state index in [0.717, 1.165) is 10.9 Å². The molecule has 0 fully saturated rings. The maximum absolute atomic E-state index is 13.0. The molecule has 6 nitrogen and oxygen atoms in total. The van der Waals surface area contributed by atoms with Crippen LogP contribution in [0.1, 0.15) is 41.4 Å². The Morgan fingerprint density at radius 3 is 2.85 bits per heavy atom. The van der Waals surface area contributed by atoms with Crippen LogP contribution < -0.4 is 10.1 Å². The molecule has 1 aliphatic rings. The second-order valence-electron chi connectivity index (χ2n) is 7.21. The van der Waals surface area contributed by atoms with Crippen LogP contribution in [0.5, 0.6) is 5.75 Å². The monoisotopic (exact) mass is 361 g/mol. The highest BCUT2D eigenvalue weighted by Crippen LogP contribution is 2.40. The Morgan fingerprint density at radius 2 is 2.07 bits per heavy atom. The second kappa shape index (κ2) is 6.15. The van der Waals surface area contributed by atoms with Crippen molar-refractivity contribution in [3.05, 3.63) is 65.4 Å². The number of ether oxygens (including phenoxy) is 1. The van der Waals surface area contributed by atoms with Gasteiger partial charge in [-0.1, -0.05) is 18.2 Å². The minimum absolute atomic E-state index is 0.303. The van der Waals surface area contributed by atoms with Crippen molar-refractivity contribution in [3.63, 3.8) is 0 Å². The number of H-pyrrole nitrogens is 1. The van der Waals surface area contributed by atoms with Crippen LogP contribution in [0.25, 0.3) is 10.9 Å². The zero-order valence-corrected chi connectivity index (χ0v) is 15.0. The van der Waals surface area contributed by atoms with E-state index in [-0.39, 0.29) is 5.91 Å². The molecule has 4 rings (SSSR count). The fourth-order valence-corrected chi connectivity index (χ4v) is 3.50. The number of aliphatic hydroxyl groups excluding tert-OH is 1. The van der Waals surface area contributed by atoms with Gasteiger partial charge in [0.25, 0.3) is 5.91 Å². The highest BCUT2D eigenvalue weighted by Gasteiger charge is 2.43. The molecule has 6 heteroatoms. The lowest BCUT2D eigenvalue weighted by Crippen LogP contribution is -2.53. The Balaban J connectivity index is 1.74. The predicted molar refractivity (Wildman–Crippen MR) is 100 cm³/mol. The van der Waals surface area contributed by atoms with Crippen molar-refractivity contribution in [1.82, 2.24) is 10.3 Å². The van der Waals surface area contributed by atoms with E-state index in [1.54, 1.807) is 38.2 Å². The summed E-state index contributed by atoms with van der Waals surface area (Å²) in [6, 6.07) is 13.9. The number of nitriles is 1. The number of aliphatic hydroxyl groups is 1.